The average molecular weight is 257 g/mol. The van der Waals surface area contributed by atoms with Gasteiger partial charge in [0.05, 0.1) is 22.5 Å². The lowest BCUT2D eigenvalue weighted by molar-refractivity contribution is 0.0926. The van der Waals surface area contributed by atoms with Gasteiger partial charge >= 0.3 is 0 Å². The van der Waals surface area contributed by atoms with Crippen molar-refractivity contribution >= 4 is 23.2 Å². The first-order valence-electron chi connectivity index (χ1n) is 5.47. The predicted molar refractivity (Wildman–Crippen MR) is 66.2 cm³/mol. The van der Waals surface area contributed by atoms with Crippen LogP contribution in [-0.4, -0.2) is 16.8 Å². The number of hydrogen-bond donors (Lipinski definition) is 1. The highest BCUT2D eigenvalue weighted by Gasteiger charge is 2.36. The molecule has 2 N–H and O–H groups in total. The maximum absolute atomic E-state index is 13.1. The molecule has 1 aromatic carbocycles. The van der Waals surface area contributed by atoms with E-state index in [1.807, 2.05) is 0 Å². The largest absolute Gasteiger partial charge is 0.396 e. The van der Waals surface area contributed by atoms with Gasteiger partial charge < -0.3 is 5.73 Å². The maximum Gasteiger partial charge on any atom is 0.267 e. The summed E-state index contributed by atoms with van der Waals surface area (Å²) in [5, 5.41) is 0. The molecule has 0 spiro atoms. The van der Waals surface area contributed by atoms with Crippen molar-refractivity contribution in [3.8, 4) is 0 Å². The third-order valence-corrected chi connectivity index (χ3v) is 2.93. The average Bonchev–Trinajstić information content (AvgIpc) is 2.66. The first-order chi connectivity index (χ1) is 9.09. The summed E-state index contributed by atoms with van der Waals surface area (Å²) in [5.74, 6) is -1.55. The summed E-state index contributed by atoms with van der Waals surface area (Å²) in [6, 6.07) is 5.18. The molecule has 0 bridgehead atoms. The molecule has 0 aliphatic carbocycles. The number of rotatable bonds is 1. The number of pyridine rings is 1. The van der Waals surface area contributed by atoms with E-state index in [2.05, 4.69) is 4.98 Å². The molecule has 0 atom stereocenters. The smallest absolute Gasteiger partial charge is 0.267 e. The second-order valence-electron chi connectivity index (χ2n) is 4.07. The van der Waals surface area contributed by atoms with Crippen LogP contribution in [0.15, 0.2) is 36.7 Å². The summed E-state index contributed by atoms with van der Waals surface area (Å²) in [6.07, 6.45) is 2.77. The molecule has 1 aliphatic heterocycles. The van der Waals surface area contributed by atoms with Gasteiger partial charge in [0.1, 0.15) is 5.82 Å². The molecule has 2 aromatic rings. The fraction of sp³-hybridized carbons (Fsp3) is 0. The number of carbonyl (C=O) groups excluding carboxylic acids is 2. The van der Waals surface area contributed by atoms with E-state index in [4.69, 9.17) is 5.73 Å². The number of halogens is 1. The zero-order chi connectivity index (χ0) is 13.6. The Bertz CT molecular complexity index is 680. The normalized spacial score (nSPS) is 13.8. The Kier molecular flexibility index (Phi) is 2.31. The van der Waals surface area contributed by atoms with Crippen molar-refractivity contribution in [1.29, 1.82) is 0 Å². The molecule has 0 saturated heterocycles. The number of benzene rings is 1. The van der Waals surface area contributed by atoms with Crippen LogP contribution in [0.1, 0.15) is 20.7 Å². The molecule has 5 nitrogen and oxygen atoms in total. The van der Waals surface area contributed by atoms with Crippen molar-refractivity contribution in [2.24, 2.45) is 0 Å². The second kappa shape index (κ2) is 3.88. The summed E-state index contributed by atoms with van der Waals surface area (Å²) >= 11 is 0. The van der Waals surface area contributed by atoms with Gasteiger partial charge in [-0.05, 0) is 24.3 Å². The van der Waals surface area contributed by atoms with Crippen LogP contribution in [0.4, 0.5) is 15.8 Å². The number of fused-ring (bicyclic) bond motifs is 1. The lowest BCUT2D eigenvalue weighted by atomic mass is 10.2. The van der Waals surface area contributed by atoms with E-state index in [9.17, 15) is 14.0 Å². The third-order valence-electron chi connectivity index (χ3n) is 2.93. The van der Waals surface area contributed by atoms with Gasteiger partial charge in [0.15, 0.2) is 0 Å². The SMILES string of the molecule is Nc1cc(N2C(=O)c3ccncc3C2=O)ccc1F. The van der Waals surface area contributed by atoms with E-state index in [1.165, 1.54) is 30.6 Å². The second-order valence-corrected chi connectivity index (χ2v) is 4.07. The van der Waals surface area contributed by atoms with Gasteiger partial charge in [-0.25, -0.2) is 9.29 Å². The summed E-state index contributed by atoms with van der Waals surface area (Å²) in [7, 11) is 0. The number of anilines is 2. The lowest BCUT2D eigenvalue weighted by Gasteiger charge is -2.14. The molecular formula is C13H8FN3O2. The van der Waals surface area contributed by atoms with E-state index in [1.54, 1.807) is 0 Å². The van der Waals surface area contributed by atoms with E-state index in [0.29, 0.717) is 0 Å². The number of nitrogen functional groups attached to an aromatic ring is 1. The minimum absolute atomic E-state index is 0.118. The number of amides is 2. The molecule has 1 aliphatic rings. The summed E-state index contributed by atoms with van der Waals surface area (Å²) in [4.78, 5) is 29.1. The van der Waals surface area contributed by atoms with Crippen molar-refractivity contribution in [2.75, 3.05) is 10.6 Å². The molecule has 0 fully saturated rings. The zero-order valence-corrected chi connectivity index (χ0v) is 9.63. The Morgan fingerprint density at radius 2 is 1.84 bits per heavy atom. The third kappa shape index (κ3) is 1.57. The monoisotopic (exact) mass is 257 g/mol. The molecule has 0 saturated carbocycles. The van der Waals surface area contributed by atoms with E-state index in [0.717, 1.165) is 11.0 Å². The molecule has 94 valence electrons. The first-order valence-corrected chi connectivity index (χ1v) is 5.47. The van der Waals surface area contributed by atoms with E-state index < -0.39 is 17.6 Å². The Morgan fingerprint density at radius 1 is 1.11 bits per heavy atom. The highest BCUT2D eigenvalue weighted by atomic mass is 19.1. The predicted octanol–water partition coefficient (Wildman–Crippen LogP) is 1.60. The number of carbonyl (C=O) groups is 2. The number of aromatic nitrogens is 1. The van der Waals surface area contributed by atoms with Crippen molar-refractivity contribution in [2.45, 2.75) is 0 Å². The molecule has 2 heterocycles. The van der Waals surface area contributed by atoms with Crippen molar-refractivity contribution < 1.29 is 14.0 Å². The van der Waals surface area contributed by atoms with Gasteiger partial charge in [-0.3, -0.25) is 14.6 Å². The summed E-state index contributed by atoms with van der Waals surface area (Å²) in [5.41, 5.74) is 6.08. The Balaban J connectivity index is 2.11. The van der Waals surface area contributed by atoms with Crippen molar-refractivity contribution in [1.82, 2.24) is 4.98 Å². The van der Waals surface area contributed by atoms with Crippen LogP contribution in [0.3, 0.4) is 0 Å². The molecule has 2 amide bonds. The Hall–Kier alpha value is -2.76. The standard InChI is InChI=1S/C13H8FN3O2/c14-10-2-1-7(5-11(10)15)17-12(18)8-3-4-16-6-9(8)13(17)19/h1-6H,15H2. The van der Waals surface area contributed by atoms with Gasteiger partial charge in [0, 0.05) is 12.4 Å². The van der Waals surface area contributed by atoms with Gasteiger partial charge in [-0.2, -0.15) is 0 Å². The minimum Gasteiger partial charge on any atom is -0.396 e. The lowest BCUT2D eigenvalue weighted by Crippen LogP contribution is -2.29. The minimum atomic E-state index is -0.595. The number of hydrogen-bond acceptors (Lipinski definition) is 4. The summed E-state index contributed by atoms with van der Waals surface area (Å²) < 4.78 is 13.1. The highest BCUT2D eigenvalue weighted by molar-refractivity contribution is 6.34. The quantitative estimate of drug-likeness (QED) is 0.622. The van der Waals surface area contributed by atoms with E-state index >= 15 is 0 Å². The van der Waals surface area contributed by atoms with Crippen molar-refractivity contribution in [3.05, 3.63) is 53.6 Å². The molecule has 3 rings (SSSR count). The van der Waals surface area contributed by atoms with Gasteiger partial charge in [0.25, 0.3) is 11.8 Å². The van der Waals surface area contributed by atoms with Gasteiger partial charge in [0.2, 0.25) is 0 Å². The topological polar surface area (TPSA) is 76.3 Å². The van der Waals surface area contributed by atoms with Crippen LogP contribution in [0.5, 0.6) is 0 Å². The molecule has 6 heteroatoms. The van der Waals surface area contributed by atoms with Gasteiger partial charge in [-0.15, -0.1) is 0 Å². The fourth-order valence-electron chi connectivity index (χ4n) is 1.99. The fourth-order valence-corrected chi connectivity index (χ4v) is 1.99. The van der Waals surface area contributed by atoms with Crippen LogP contribution in [0.2, 0.25) is 0 Å². The van der Waals surface area contributed by atoms with Crippen LogP contribution >= 0.6 is 0 Å². The van der Waals surface area contributed by atoms with Gasteiger partial charge in [-0.1, -0.05) is 0 Å². The van der Waals surface area contributed by atoms with E-state index in [-0.39, 0.29) is 22.5 Å². The maximum atomic E-state index is 13.1. The molecular weight excluding hydrogens is 249 g/mol. The number of nitrogens with two attached hydrogens (primary N) is 1. The highest BCUT2D eigenvalue weighted by Crippen LogP contribution is 2.29. The Labute approximate surface area is 107 Å². The Morgan fingerprint density at radius 3 is 2.53 bits per heavy atom. The molecule has 19 heavy (non-hydrogen) atoms. The van der Waals surface area contributed by atoms with Crippen LogP contribution in [0, 0.1) is 5.82 Å². The molecule has 0 radical (unpaired) electrons. The van der Waals surface area contributed by atoms with Crippen molar-refractivity contribution in [3.63, 3.8) is 0 Å². The number of imide groups is 1. The first kappa shape index (κ1) is 11.3. The van der Waals surface area contributed by atoms with Crippen LogP contribution in [-0.2, 0) is 0 Å². The molecule has 0 unspecified atom stereocenters. The zero-order valence-electron chi connectivity index (χ0n) is 9.63. The van der Waals surface area contributed by atoms with Crippen LogP contribution in [0.25, 0.3) is 0 Å². The van der Waals surface area contributed by atoms with Crippen LogP contribution < -0.4 is 10.6 Å². The number of nitrogens with zero attached hydrogens (tertiary/aromatic N) is 2. The summed E-state index contributed by atoms with van der Waals surface area (Å²) in [6.45, 7) is 0. The molecule has 1 aromatic heterocycles.